The Balaban J connectivity index is 1.77. The third kappa shape index (κ3) is 4.09. The molecule has 0 unspecified atom stereocenters. The number of fused-ring (bicyclic) bond motifs is 1. The number of rotatable bonds is 6. The maximum Gasteiger partial charge on any atom is 0.289 e. The van der Waals surface area contributed by atoms with Crippen LogP contribution >= 0.6 is 0 Å². The molecule has 144 valence electrons. The number of amides is 2. The Kier molecular flexibility index (Phi) is 6.29. The molecule has 0 saturated carbocycles. The molecule has 1 fully saturated rings. The molecular weight excluding hydrogens is 332 g/mol. The molecule has 0 aliphatic carbocycles. The van der Waals surface area contributed by atoms with Crippen molar-refractivity contribution in [1.82, 2.24) is 19.8 Å². The molecule has 1 N–H and O–H groups in total. The van der Waals surface area contributed by atoms with Gasteiger partial charge in [-0.25, -0.2) is 4.98 Å². The van der Waals surface area contributed by atoms with Gasteiger partial charge in [-0.1, -0.05) is 6.92 Å². The molecule has 7 nitrogen and oxygen atoms in total. The monoisotopic (exact) mass is 362 g/mol. The van der Waals surface area contributed by atoms with Gasteiger partial charge in [0.2, 0.25) is 0 Å². The van der Waals surface area contributed by atoms with E-state index in [4.69, 9.17) is 4.74 Å². The SMILES string of the molecule is COCCCNC(=O)c1nc(C(=O)N2CCC(C)CC2)n2c1CCCC2. The molecule has 2 amide bonds. The van der Waals surface area contributed by atoms with Crippen molar-refractivity contribution in [3.8, 4) is 0 Å². The number of imidazole rings is 1. The second-order valence-electron chi connectivity index (χ2n) is 7.42. The van der Waals surface area contributed by atoms with Gasteiger partial charge in [0.05, 0.1) is 5.69 Å². The summed E-state index contributed by atoms with van der Waals surface area (Å²) in [6, 6.07) is 0. The third-order valence-corrected chi connectivity index (χ3v) is 5.41. The minimum absolute atomic E-state index is 0.0292. The topological polar surface area (TPSA) is 76.5 Å². The number of hydrogen-bond donors (Lipinski definition) is 1. The van der Waals surface area contributed by atoms with E-state index in [0.29, 0.717) is 30.6 Å². The van der Waals surface area contributed by atoms with Crippen LogP contribution in [0.4, 0.5) is 0 Å². The van der Waals surface area contributed by atoms with Crippen molar-refractivity contribution in [3.63, 3.8) is 0 Å². The first-order valence-electron chi connectivity index (χ1n) is 9.77. The predicted molar refractivity (Wildman–Crippen MR) is 98.3 cm³/mol. The molecule has 7 heteroatoms. The van der Waals surface area contributed by atoms with Gasteiger partial charge in [-0.2, -0.15) is 0 Å². The molecule has 1 aromatic rings. The molecule has 3 rings (SSSR count). The molecule has 1 saturated heterocycles. The van der Waals surface area contributed by atoms with Crippen LogP contribution in [0.3, 0.4) is 0 Å². The van der Waals surface area contributed by atoms with E-state index in [1.54, 1.807) is 7.11 Å². The van der Waals surface area contributed by atoms with Crippen LogP contribution in [0.5, 0.6) is 0 Å². The lowest BCUT2D eigenvalue weighted by atomic mass is 9.99. The molecule has 2 aliphatic heterocycles. The number of ether oxygens (including phenoxy) is 1. The molecular formula is C19H30N4O3. The van der Waals surface area contributed by atoms with Crippen LogP contribution in [-0.2, 0) is 17.7 Å². The lowest BCUT2D eigenvalue weighted by Crippen LogP contribution is -2.39. The highest BCUT2D eigenvalue weighted by atomic mass is 16.5. The Bertz CT molecular complexity index is 647. The van der Waals surface area contributed by atoms with Gasteiger partial charge in [-0.15, -0.1) is 0 Å². The zero-order valence-electron chi connectivity index (χ0n) is 15.9. The summed E-state index contributed by atoms with van der Waals surface area (Å²) < 4.78 is 6.99. The van der Waals surface area contributed by atoms with Crippen LogP contribution in [0.2, 0.25) is 0 Å². The molecule has 0 radical (unpaired) electrons. The van der Waals surface area contributed by atoms with E-state index in [0.717, 1.165) is 63.9 Å². The normalized spacial score (nSPS) is 17.8. The highest BCUT2D eigenvalue weighted by Crippen LogP contribution is 2.24. The summed E-state index contributed by atoms with van der Waals surface area (Å²) in [7, 11) is 1.65. The lowest BCUT2D eigenvalue weighted by molar-refractivity contribution is 0.0678. The number of nitrogens with zero attached hydrogens (tertiary/aromatic N) is 3. The van der Waals surface area contributed by atoms with E-state index in [-0.39, 0.29) is 11.8 Å². The standard InChI is InChI=1S/C19H30N4O3/c1-14-7-11-22(12-8-14)19(25)17-21-16(15-6-3-4-10-23(15)17)18(24)20-9-5-13-26-2/h14H,3-13H2,1-2H3,(H,20,24). The van der Waals surface area contributed by atoms with Crippen LogP contribution in [0.15, 0.2) is 0 Å². The zero-order chi connectivity index (χ0) is 18.5. The minimum Gasteiger partial charge on any atom is -0.385 e. The Morgan fingerprint density at radius 3 is 2.73 bits per heavy atom. The van der Waals surface area contributed by atoms with Crippen LogP contribution in [0.1, 0.15) is 65.8 Å². The highest BCUT2D eigenvalue weighted by Gasteiger charge is 2.30. The number of carbonyl (C=O) groups is 2. The number of methoxy groups -OCH3 is 1. The first kappa shape index (κ1) is 18.9. The van der Waals surface area contributed by atoms with Crippen molar-refractivity contribution >= 4 is 11.8 Å². The summed E-state index contributed by atoms with van der Waals surface area (Å²) in [5.41, 5.74) is 1.34. The van der Waals surface area contributed by atoms with Crippen molar-refractivity contribution in [2.75, 3.05) is 33.4 Å². The van der Waals surface area contributed by atoms with Crippen LogP contribution < -0.4 is 5.32 Å². The summed E-state index contributed by atoms with van der Waals surface area (Å²) >= 11 is 0. The maximum atomic E-state index is 13.0. The highest BCUT2D eigenvalue weighted by molar-refractivity contribution is 5.97. The van der Waals surface area contributed by atoms with Gasteiger partial charge in [-0.05, 0) is 44.4 Å². The van der Waals surface area contributed by atoms with Gasteiger partial charge < -0.3 is 19.5 Å². The fourth-order valence-electron chi connectivity index (χ4n) is 3.74. The first-order chi connectivity index (χ1) is 12.6. The van der Waals surface area contributed by atoms with Crippen molar-refractivity contribution < 1.29 is 14.3 Å². The number of likely N-dealkylation sites (tertiary alicyclic amines) is 1. The summed E-state index contributed by atoms with van der Waals surface area (Å²) in [5.74, 6) is 0.898. The van der Waals surface area contributed by atoms with Crippen LogP contribution in [0.25, 0.3) is 0 Å². The number of hydrogen-bond acceptors (Lipinski definition) is 4. The quantitative estimate of drug-likeness (QED) is 0.784. The Labute approximate surface area is 155 Å². The summed E-state index contributed by atoms with van der Waals surface area (Å²) in [4.78, 5) is 32.0. The summed E-state index contributed by atoms with van der Waals surface area (Å²) in [5, 5.41) is 2.90. The van der Waals surface area contributed by atoms with Gasteiger partial charge in [-0.3, -0.25) is 9.59 Å². The van der Waals surface area contributed by atoms with E-state index in [1.807, 2.05) is 9.47 Å². The molecule has 0 aromatic carbocycles. The number of aromatic nitrogens is 2. The Hall–Kier alpha value is -1.89. The molecule has 26 heavy (non-hydrogen) atoms. The smallest absolute Gasteiger partial charge is 0.289 e. The third-order valence-electron chi connectivity index (χ3n) is 5.41. The van der Waals surface area contributed by atoms with Crippen molar-refractivity contribution in [2.24, 2.45) is 5.92 Å². The van der Waals surface area contributed by atoms with Gasteiger partial charge in [0, 0.05) is 39.9 Å². The maximum absolute atomic E-state index is 13.0. The van der Waals surface area contributed by atoms with Gasteiger partial charge >= 0.3 is 0 Å². The Morgan fingerprint density at radius 2 is 2.00 bits per heavy atom. The number of carbonyl (C=O) groups excluding carboxylic acids is 2. The minimum atomic E-state index is -0.182. The van der Waals surface area contributed by atoms with E-state index in [9.17, 15) is 9.59 Å². The average Bonchev–Trinajstić information content (AvgIpc) is 3.05. The molecule has 0 atom stereocenters. The van der Waals surface area contributed by atoms with Crippen LogP contribution in [0, 0.1) is 5.92 Å². The first-order valence-corrected chi connectivity index (χ1v) is 9.77. The summed E-state index contributed by atoms with van der Waals surface area (Å²) in [6.07, 6.45) is 5.69. The van der Waals surface area contributed by atoms with E-state index in [1.165, 1.54) is 0 Å². The van der Waals surface area contributed by atoms with E-state index >= 15 is 0 Å². The summed E-state index contributed by atoms with van der Waals surface area (Å²) in [6.45, 7) is 5.71. The molecule has 0 spiro atoms. The van der Waals surface area contributed by atoms with Gasteiger partial charge in [0.15, 0.2) is 5.82 Å². The van der Waals surface area contributed by atoms with Gasteiger partial charge in [0.25, 0.3) is 11.8 Å². The average molecular weight is 362 g/mol. The molecule has 3 heterocycles. The van der Waals surface area contributed by atoms with E-state index in [2.05, 4.69) is 17.2 Å². The molecule has 1 aromatic heterocycles. The Morgan fingerprint density at radius 1 is 1.23 bits per heavy atom. The molecule has 2 aliphatic rings. The van der Waals surface area contributed by atoms with Crippen molar-refractivity contribution in [2.45, 2.75) is 52.0 Å². The van der Waals surface area contributed by atoms with Gasteiger partial charge in [0.1, 0.15) is 5.69 Å². The molecule has 0 bridgehead atoms. The predicted octanol–water partition coefficient (Wildman–Crippen LogP) is 1.86. The second kappa shape index (κ2) is 8.66. The fraction of sp³-hybridized carbons (Fsp3) is 0.737. The van der Waals surface area contributed by atoms with E-state index < -0.39 is 0 Å². The lowest BCUT2D eigenvalue weighted by Gasteiger charge is -2.30. The zero-order valence-corrected chi connectivity index (χ0v) is 15.9. The van der Waals surface area contributed by atoms with Crippen molar-refractivity contribution in [3.05, 3.63) is 17.2 Å². The largest absolute Gasteiger partial charge is 0.385 e. The number of nitrogens with one attached hydrogen (secondary N) is 1. The fourth-order valence-corrected chi connectivity index (χ4v) is 3.74. The second-order valence-corrected chi connectivity index (χ2v) is 7.42. The van der Waals surface area contributed by atoms with Crippen molar-refractivity contribution in [1.29, 1.82) is 0 Å². The van der Waals surface area contributed by atoms with Crippen LogP contribution in [-0.4, -0.2) is 59.6 Å². The number of piperidine rings is 1.